The molecule has 15 heavy (non-hydrogen) atoms. The first-order chi connectivity index (χ1) is 7.06. The van der Waals surface area contributed by atoms with Crippen LogP contribution in [0.25, 0.3) is 0 Å². The highest BCUT2D eigenvalue weighted by atomic mass is 16.2. The normalized spacial score (nSPS) is 21.7. The van der Waals surface area contributed by atoms with Gasteiger partial charge in [-0.2, -0.15) is 0 Å². The number of hydrogen-bond donors (Lipinski definition) is 2. The van der Waals surface area contributed by atoms with E-state index in [2.05, 4.69) is 17.6 Å². The molecule has 0 saturated carbocycles. The Kier molecular flexibility index (Phi) is 4.58. The molecular weight excluding hydrogens is 188 g/mol. The van der Waals surface area contributed by atoms with Gasteiger partial charge in [0.2, 0.25) is 5.91 Å². The molecular formula is C12H24N2O. The Hall–Kier alpha value is -0.570. The van der Waals surface area contributed by atoms with Gasteiger partial charge in [0, 0.05) is 12.0 Å². The minimum absolute atomic E-state index is 0.191. The Labute approximate surface area is 93.0 Å². The first kappa shape index (κ1) is 12.5. The summed E-state index contributed by atoms with van der Waals surface area (Å²) in [5.74, 6) is 0.950. The van der Waals surface area contributed by atoms with Crippen molar-refractivity contribution in [2.45, 2.75) is 40.0 Å². The molecule has 1 fully saturated rings. The minimum Gasteiger partial charge on any atom is -0.356 e. The van der Waals surface area contributed by atoms with Crippen molar-refractivity contribution >= 4 is 5.91 Å². The summed E-state index contributed by atoms with van der Waals surface area (Å²) in [4.78, 5) is 11.7. The molecule has 3 nitrogen and oxygen atoms in total. The van der Waals surface area contributed by atoms with Gasteiger partial charge in [-0.15, -0.1) is 0 Å². The lowest BCUT2D eigenvalue weighted by atomic mass is 9.89. The summed E-state index contributed by atoms with van der Waals surface area (Å²) < 4.78 is 0. The highest BCUT2D eigenvalue weighted by Gasteiger charge is 2.25. The average molecular weight is 212 g/mol. The number of hydrogen-bond acceptors (Lipinski definition) is 2. The zero-order valence-corrected chi connectivity index (χ0v) is 10.2. The molecule has 1 heterocycles. The van der Waals surface area contributed by atoms with Gasteiger partial charge in [0.25, 0.3) is 0 Å². The summed E-state index contributed by atoms with van der Waals surface area (Å²) in [6, 6.07) is 0. The molecule has 0 spiro atoms. The van der Waals surface area contributed by atoms with Crippen molar-refractivity contribution in [2.75, 3.05) is 19.6 Å². The monoisotopic (exact) mass is 212 g/mol. The van der Waals surface area contributed by atoms with E-state index in [0.29, 0.717) is 0 Å². The molecule has 1 atom stereocenters. The fourth-order valence-corrected chi connectivity index (χ4v) is 1.75. The number of carbonyl (C=O) groups excluding carboxylic acids is 1. The molecule has 0 aromatic rings. The summed E-state index contributed by atoms with van der Waals surface area (Å²) in [6.45, 7) is 9.14. The topological polar surface area (TPSA) is 41.1 Å². The molecule has 1 amide bonds. The van der Waals surface area contributed by atoms with E-state index >= 15 is 0 Å². The van der Waals surface area contributed by atoms with Crippen molar-refractivity contribution < 1.29 is 4.79 Å². The predicted octanol–water partition coefficient (Wildman–Crippen LogP) is 1.54. The van der Waals surface area contributed by atoms with E-state index in [4.69, 9.17) is 0 Å². The van der Waals surface area contributed by atoms with Crippen LogP contribution in [-0.2, 0) is 4.79 Å². The Balaban J connectivity index is 2.16. The number of carbonyl (C=O) groups is 1. The maximum atomic E-state index is 11.7. The molecule has 1 rings (SSSR count). The standard InChI is InChI=1S/C12H24N2O/c1-4-12(2,3)11(15)14-8-6-10-5-7-13-9-10/h10,13H,4-9H2,1-3H3,(H,14,15). The third kappa shape index (κ3) is 3.82. The van der Waals surface area contributed by atoms with Gasteiger partial charge in [-0.25, -0.2) is 0 Å². The molecule has 1 unspecified atom stereocenters. The van der Waals surface area contributed by atoms with Gasteiger partial charge in [0.15, 0.2) is 0 Å². The van der Waals surface area contributed by atoms with Crippen molar-refractivity contribution in [1.29, 1.82) is 0 Å². The van der Waals surface area contributed by atoms with Crippen LogP contribution < -0.4 is 10.6 Å². The van der Waals surface area contributed by atoms with E-state index in [9.17, 15) is 4.79 Å². The van der Waals surface area contributed by atoms with E-state index in [1.54, 1.807) is 0 Å². The van der Waals surface area contributed by atoms with E-state index in [1.807, 2.05) is 13.8 Å². The van der Waals surface area contributed by atoms with Crippen LogP contribution in [0.2, 0.25) is 0 Å². The predicted molar refractivity (Wildman–Crippen MR) is 62.7 cm³/mol. The molecule has 1 saturated heterocycles. The highest BCUT2D eigenvalue weighted by molar-refractivity contribution is 5.81. The van der Waals surface area contributed by atoms with Crippen LogP contribution in [0.15, 0.2) is 0 Å². The molecule has 0 bridgehead atoms. The van der Waals surface area contributed by atoms with Crippen molar-refractivity contribution in [3.8, 4) is 0 Å². The lowest BCUT2D eigenvalue weighted by Crippen LogP contribution is -2.37. The summed E-state index contributed by atoms with van der Waals surface area (Å²) >= 11 is 0. The van der Waals surface area contributed by atoms with E-state index < -0.39 is 0 Å². The Morgan fingerprint density at radius 2 is 2.27 bits per heavy atom. The minimum atomic E-state index is -0.214. The zero-order chi connectivity index (χ0) is 11.3. The van der Waals surface area contributed by atoms with Crippen LogP contribution in [0, 0.1) is 11.3 Å². The fraction of sp³-hybridized carbons (Fsp3) is 0.917. The van der Waals surface area contributed by atoms with E-state index in [0.717, 1.165) is 38.4 Å². The second-order valence-corrected chi connectivity index (χ2v) is 5.14. The Morgan fingerprint density at radius 3 is 2.80 bits per heavy atom. The largest absolute Gasteiger partial charge is 0.356 e. The Morgan fingerprint density at radius 1 is 1.53 bits per heavy atom. The summed E-state index contributed by atoms with van der Waals surface area (Å²) in [7, 11) is 0. The molecule has 1 aliphatic heterocycles. The van der Waals surface area contributed by atoms with Gasteiger partial charge in [0.05, 0.1) is 0 Å². The second-order valence-electron chi connectivity index (χ2n) is 5.14. The maximum Gasteiger partial charge on any atom is 0.225 e. The zero-order valence-electron chi connectivity index (χ0n) is 10.2. The van der Waals surface area contributed by atoms with Crippen LogP contribution in [-0.4, -0.2) is 25.5 Å². The molecule has 88 valence electrons. The third-order valence-corrected chi connectivity index (χ3v) is 3.50. The fourth-order valence-electron chi connectivity index (χ4n) is 1.75. The molecule has 0 radical (unpaired) electrons. The third-order valence-electron chi connectivity index (χ3n) is 3.50. The lowest BCUT2D eigenvalue weighted by Gasteiger charge is -2.21. The van der Waals surface area contributed by atoms with Gasteiger partial charge >= 0.3 is 0 Å². The van der Waals surface area contributed by atoms with Crippen LogP contribution in [0.1, 0.15) is 40.0 Å². The van der Waals surface area contributed by atoms with Gasteiger partial charge in [-0.3, -0.25) is 4.79 Å². The van der Waals surface area contributed by atoms with Crippen molar-refractivity contribution in [1.82, 2.24) is 10.6 Å². The van der Waals surface area contributed by atoms with Gasteiger partial charge in [0.1, 0.15) is 0 Å². The van der Waals surface area contributed by atoms with Crippen molar-refractivity contribution in [2.24, 2.45) is 11.3 Å². The van der Waals surface area contributed by atoms with Crippen molar-refractivity contribution in [3.63, 3.8) is 0 Å². The second kappa shape index (κ2) is 5.50. The van der Waals surface area contributed by atoms with Gasteiger partial charge in [-0.05, 0) is 38.3 Å². The first-order valence-electron chi connectivity index (χ1n) is 6.05. The summed E-state index contributed by atoms with van der Waals surface area (Å²) in [5.41, 5.74) is -0.214. The van der Waals surface area contributed by atoms with E-state index in [1.165, 1.54) is 6.42 Å². The molecule has 1 aliphatic rings. The van der Waals surface area contributed by atoms with Crippen LogP contribution in [0.3, 0.4) is 0 Å². The smallest absolute Gasteiger partial charge is 0.225 e. The number of rotatable bonds is 5. The number of amides is 1. The van der Waals surface area contributed by atoms with Gasteiger partial charge in [-0.1, -0.05) is 20.8 Å². The maximum absolute atomic E-state index is 11.7. The molecule has 0 aliphatic carbocycles. The molecule has 3 heteroatoms. The first-order valence-corrected chi connectivity index (χ1v) is 6.05. The van der Waals surface area contributed by atoms with Crippen LogP contribution >= 0.6 is 0 Å². The Bertz CT molecular complexity index is 208. The van der Waals surface area contributed by atoms with Gasteiger partial charge < -0.3 is 10.6 Å². The summed E-state index contributed by atoms with van der Waals surface area (Å²) in [6.07, 6.45) is 3.26. The SMILES string of the molecule is CCC(C)(C)C(=O)NCCC1CCNC1. The van der Waals surface area contributed by atoms with E-state index in [-0.39, 0.29) is 11.3 Å². The lowest BCUT2D eigenvalue weighted by molar-refractivity contribution is -0.129. The molecule has 0 aromatic carbocycles. The summed E-state index contributed by atoms with van der Waals surface area (Å²) in [5, 5.41) is 6.37. The van der Waals surface area contributed by atoms with Crippen LogP contribution in [0.4, 0.5) is 0 Å². The average Bonchev–Trinajstić information content (AvgIpc) is 2.70. The number of nitrogens with one attached hydrogen (secondary N) is 2. The molecule has 2 N–H and O–H groups in total. The quantitative estimate of drug-likeness (QED) is 0.726. The molecule has 0 aromatic heterocycles. The van der Waals surface area contributed by atoms with Crippen LogP contribution in [0.5, 0.6) is 0 Å². The highest BCUT2D eigenvalue weighted by Crippen LogP contribution is 2.19. The van der Waals surface area contributed by atoms with Crippen molar-refractivity contribution in [3.05, 3.63) is 0 Å².